The van der Waals surface area contributed by atoms with Gasteiger partial charge >= 0.3 is 0 Å². The third-order valence-corrected chi connectivity index (χ3v) is 6.62. The van der Waals surface area contributed by atoms with Crippen LogP contribution in [0.15, 0.2) is 42.2 Å². The Balaban J connectivity index is 1.40. The Hall–Kier alpha value is -3.00. The lowest BCUT2D eigenvalue weighted by atomic mass is 10.2. The number of pyridine rings is 1. The summed E-state index contributed by atoms with van der Waals surface area (Å²) in [6, 6.07) is 8.81. The molecule has 0 amide bonds. The smallest absolute Gasteiger partial charge is 0.226 e. The van der Waals surface area contributed by atoms with Gasteiger partial charge in [0.25, 0.3) is 0 Å². The Morgan fingerprint density at radius 3 is 2.74 bits per heavy atom. The lowest BCUT2D eigenvalue weighted by Gasteiger charge is -2.13. The van der Waals surface area contributed by atoms with Crippen molar-refractivity contribution >= 4 is 34.3 Å². The molecule has 0 bridgehead atoms. The molecule has 4 aromatic heterocycles. The number of fused-ring (bicyclic) bond motifs is 1. The van der Waals surface area contributed by atoms with Gasteiger partial charge in [-0.15, -0.1) is 11.3 Å². The fourth-order valence-electron chi connectivity index (χ4n) is 4.09. The van der Waals surface area contributed by atoms with Crippen molar-refractivity contribution < 1.29 is 0 Å². The van der Waals surface area contributed by atoms with Crippen molar-refractivity contribution in [1.29, 1.82) is 0 Å². The molecule has 1 aliphatic rings. The second-order valence-electron chi connectivity index (χ2n) is 7.97. The van der Waals surface area contributed by atoms with Gasteiger partial charge in [0.05, 0.1) is 16.9 Å². The number of thiophene rings is 1. The van der Waals surface area contributed by atoms with Crippen molar-refractivity contribution in [3.63, 3.8) is 0 Å². The zero-order valence-corrected chi connectivity index (χ0v) is 18.5. The van der Waals surface area contributed by atoms with E-state index in [1.54, 1.807) is 11.3 Å². The summed E-state index contributed by atoms with van der Waals surface area (Å²) in [7, 11) is 0. The zero-order chi connectivity index (χ0) is 21.0. The summed E-state index contributed by atoms with van der Waals surface area (Å²) in [5.74, 6) is 1.42. The normalized spacial score (nSPS) is 14.4. The van der Waals surface area contributed by atoms with E-state index in [0.29, 0.717) is 18.5 Å². The highest BCUT2D eigenvalue weighted by atomic mass is 32.1. The minimum atomic E-state index is 0.487. The molecule has 1 aliphatic carbocycles. The van der Waals surface area contributed by atoms with Crippen molar-refractivity contribution in [3.8, 4) is 10.6 Å². The lowest BCUT2D eigenvalue weighted by molar-refractivity contribution is 0.529. The van der Waals surface area contributed by atoms with Gasteiger partial charge in [0, 0.05) is 25.3 Å². The molecule has 0 saturated heterocycles. The molecular formula is C23H27N7S. The van der Waals surface area contributed by atoms with Crippen LogP contribution >= 0.6 is 11.3 Å². The van der Waals surface area contributed by atoms with Crippen molar-refractivity contribution in [3.05, 3.63) is 47.7 Å². The van der Waals surface area contributed by atoms with E-state index < -0.39 is 0 Å². The van der Waals surface area contributed by atoms with E-state index in [1.165, 1.54) is 30.6 Å². The highest BCUT2D eigenvalue weighted by molar-refractivity contribution is 7.13. The van der Waals surface area contributed by atoms with Crippen LogP contribution < -0.4 is 10.6 Å². The molecule has 0 radical (unpaired) electrons. The van der Waals surface area contributed by atoms with Gasteiger partial charge in [0.1, 0.15) is 0 Å². The second kappa shape index (κ2) is 9.01. The Morgan fingerprint density at radius 2 is 2.00 bits per heavy atom. The van der Waals surface area contributed by atoms with Crippen LogP contribution in [0, 0.1) is 0 Å². The highest BCUT2D eigenvalue weighted by Gasteiger charge is 2.21. The second-order valence-corrected chi connectivity index (χ2v) is 8.92. The molecule has 7 nitrogen and oxygen atoms in total. The van der Waals surface area contributed by atoms with Gasteiger partial charge in [-0.05, 0) is 42.3 Å². The summed E-state index contributed by atoms with van der Waals surface area (Å²) >= 11 is 1.70. The van der Waals surface area contributed by atoms with Crippen LogP contribution in [0.5, 0.6) is 0 Å². The maximum absolute atomic E-state index is 4.80. The standard InChI is InChI=1S/C23H27N7S/c1-2-11-24-23-28-21(20-22(29-23)30(15-27-20)17-6-3-4-7-17)26-14-16-9-10-18(25-13-16)19-8-5-12-31-19/h5,8-10,12-13,15,17H,2-4,6-7,11,14H2,1H3,(H2,24,26,28,29). The number of nitrogens with zero attached hydrogens (tertiary/aromatic N) is 5. The molecule has 1 fully saturated rings. The molecule has 0 unspecified atom stereocenters. The largest absolute Gasteiger partial charge is 0.364 e. The van der Waals surface area contributed by atoms with Gasteiger partial charge in [-0.3, -0.25) is 4.98 Å². The van der Waals surface area contributed by atoms with Gasteiger partial charge < -0.3 is 15.2 Å². The van der Waals surface area contributed by atoms with Crippen LogP contribution in [0.2, 0.25) is 0 Å². The number of rotatable bonds is 8. The van der Waals surface area contributed by atoms with Gasteiger partial charge in [-0.1, -0.05) is 31.9 Å². The Bertz CT molecular complexity index is 1130. The van der Waals surface area contributed by atoms with Gasteiger partial charge in [-0.25, -0.2) is 4.98 Å². The van der Waals surface area contributed by atoms with Crippen molar-refractivity contribution in [2.75, 3.05) is 17.2 Å². The molecule has 0 atom stereocenters. The predicted octanol–water partition coefficient (Wildman–Crippen LogP) is 5.50. The van der Waals surface area contributed by atoms with Gasteiger partial charge in [-0.2, -0.15) is 9.97 Å². The molecule has 0 aromatic carbocycles. The summed E-state index contributed by atoms with van der Waals surface area (Å²) in [6.07, 6.45) is 9.81. The first-order chi connectivity index (χ1) is 15.3. The maximum Gasteiger partial charge on any atom is 0.226 e. The Kier molecular flexibility index (Phi) is 5.80. The van der Waals surface area contributed by atoms with Crippen LogP contribution in [0.1, 0.15) is 50.6 Å². The van der Waals surface area contributed by atoms with E-state index in [0.717, 1.165) is 41.2 Å². The van der Waals surface area contributed by atoms with Crippen LogP contribution in [-0.4, -0.2) is 31.0 Å². The molecule has 4 aromatic rings. The first kappa shape index (κ1) is 19.9. The summed E-state index contributed by atoms with van der Waals surface area (Å²) in [6.45, 7) is 3.62. The van der Waals surface area contributed by atoms with Crippen molar-refractivity contribution in [2.45, 2.75) is 51.6 Å². The topological polar surface area (TPSA) is 80.5 Å². The molecular weight excluding hydrogens is 406 g/mol. The van der Waals surface area contributed by atoms with E-state index in [4.69, 9.17) is 9.97 Å². The molecule has 5 rings (SSSR count). The average Bonchev–Trinajstić information content (AvgIpc) is 3.57. The Morgan fingerprint density at radius 1 is 1.10 bits per heavy atom. The van der Waals surface area contributed by atoms with E-state index >= 15 is 0 Å². The first-order valence-electron chi connectivity index (χ1n) is 11.0. The number of hydrogen-bond acceptors (Lipinski definition) is 7. The lowest BCUT2D eigenvalue weighted by Crippen LogP contribution is -2.10. The number of aromatic nitrogens is 5. The fraction of sp³-hybridized carbons (Fsp3) is 0.391. The van der Waals surface area contributed by atoms with Crippen LogP contribution in [0.25, 0.3) is 21.7 Å². The van der Waals surface area contributed by atoms with Crippen LogP contribution in [-0.2, 0) is 6.54 Å². The van der Waals surface area contributed by atoms with Gasteiger partial charge in [0.2, 0.25) is 5.95 Å². The SMILES string of the molecule is CCCNc1nc(NCc2ccc(-c3cccs3)nc2)c2ncn(C3CCCC3)c2n1. The van der Waals surface area contributed by atoms with Crippen molar-refractivity contribution in [2.24, 2.45) is 0 Å². The molecule has 160 valence electrons. The first-order valence-corrected chi connectivity index (χ1v) is 11.9. The summed E-state index contributed by atoms with van der Waals surface area (Å²) < 4.78 is 2.24. The van der Waals surface area contributed by atoms with Crippen LogP contribution in [0.4, 0.5) is 11.8 Å². The number of imidazole rings is 1. The molecule has 31 heavy (non-hydrogen) atoms. The molecule has 1 saturated carbocycles. The fourth-order valence-corrected chi connectivity index (χ4v) is 4.79. The molecule has 2 N–H and O–H groups in total. The van der Waals surface area contributed by atoms with Crippen molar-refractivity contribution in [1.82, 2.24) is 24.5 Å². The van der Waals surface area contributed by atoms with E-state index in [-0.39, 0.29) is 0 Å². The summed E-state index contributed by atoms with van der Waals surface area (Å²) in [5.41, 5.74) is 3.85. The van der Waals surface area contributed by atoms with E-state index in [9.17, 15) is 0 Å². The van der Waals surface area contributed by atoms with E-state index in [1.807, 2.05) is 18.6 Å². The Labute approximate surface area is 186 Å². The number of nitrogens with one attached hydrogen (secondary N) is 2. The third kappa shape index (κ3) is 4.25. The van der Waals surface area contributed by atoms with Gasteiger partial charge in [0.15, 0.2) is 17.0 Å². The minimum Gasteiger partial charge on any atom is -0.364 e. The molecule has 8 heteroatoms. The summed E-state index contributed by atoms with van der Waals surface area (Å²) in [5, 5.41) is 8.89. The van der Waals surface area contributed by atoms with Crippen LogP contribution in [0.3, 0.4) is 0 Å². The van der Waals surface area contributed by atoms with E-state index in [2.05, 4.69) is 55.7 Å². The molecule has 4 heterocycles. The highest BCUT2D eigenvalue weighted by Crippen LogP contribution is 2.33. The average molecular weight is 434 g/mol. The molecule has 0 aliphatic heterocycles. The number of hydrogen-bond donors (Lipinski definition) is 2. The zero-order valence-electron chi connectivity index (χ0n) is 17.7. The maximum atomic E-state index is 4.80. The molecule has 0 spiro atoms. The monoisotopic (exact) mass is 433 g/mol. The third-order valence-electron chi connectivity index (χ3n) is 5.73. The quantitative estimate of drug-likeness (QED) is 0.382. The minimum absolute atomic E-state index is 0.487. The predicted molar refractivity (Wildman–Crippen MR) is 126 cm³/mol. The number of anilines is 2. The summed E-state index contributed by atoms with van der Waals surface area (Å²) in [4.78, 5) is 20.0.